The number of carbonyl (C=O) groups excluding carboxylic acids is 2. The van der Waals surface area contributed by atoms with Crippen LogP contribution in [0.5, 0.6) is 0 Å². The summed E-state index contributed by atoms with van der Waals surface area (Å²) in [6, 6.07) is 5.44. The zero-order valence-corrected chi connectivity index (χ0v) is 16.5. The summed E-state index contributed by atoms with van der Waals surface area (Å²) in [5, 5.41) is 0. The second-order valence-corrected chi connectivity index (χ2v) is 9.78. The second kappa shape index (κ2) is 7.36. The molecule has 0 spiro atoms. The van der Waals surface area contributed by atoms with Gasteiger partial charge in [0.1, 0.15) is 0 Å². The summed E-state index contributed by atoms with van der Waals surface area (Å²) >= 11 is 0. The maximum atomic E-state index is 12.7. The fourth-order valence-electron chi connectivity index (χ4n) is 2.74. The van der Waals surface area contributed by atoms with Crippen LogP contribution in [-0.2, 0) is 14.6 Å². The molecule has 0 unspecified atom stereocenters. The van der Waals surface area contributed by atoms with Crippen LogP contribution >= 0.6 is 0 Å². The highest BCUT2D eigenvalue weighted by Crippen LogP contribution is 2.20. The Hall–Kier alpha value is -1.93. The molecule has 1 saturated heterocycles. The molecule has 1 atom stereocenters. The molecule has 1 aliphatic heterocycles. The Morgan fingerprint density at radius 2 is 1.62 bits per heavy atom. The number of rotatable bonds is 3. The molecular weight excluding hydrogens is 354 g/mol. The quantitative estimate of drug-likeness (QED) is 0.833. The van der Waals surface area contributed by atoms with Crippen molar-refractivity contribution in [2.24, 2.45) is 11.1 Å². The van der Waals surface area contributed by atoms with Crippen LogP contribution in [0.25, 0.3) is 0 Å². The van der Waals surface area contributed by atoms with Gasteiger partial charge in [-0.1, -0.05) is 26.8 Å². The van der Waals surface area contributed by atoms with E-state index in [0.717, 1.165) is 6.26 Å². The molecule has 0 radical (unpaired) electrons. The highest BCUT2D eigenvalue weighted by atomic mass is 32.2. The van der Waals surface area contributed by atoms with Gasteiger partial charge in [0.15, 0.2) is 9.84 Å². The van der Waals surface area contributed by atoms with Crippen molar-refractivity contribution in [3.63, 3.8) is 0 Å². The number of benzene rings is 1. The number of carbonyl (C=O) groups is 2. The molecule has 0 bridgehead atoms. The molecule has 1 aliphatic rings. The molecule has 7 nitrogen and oxygen atoms in total. The van der Waals surface area contributed by atoms with Gasteiger partial charge >= 0.3 is 0 Å². The minimum atomic E-state index is -3.37. The van der Waals surface area contributed by atoms with E-state index >= 15 is 0 Å². The average molecular weight is 381 g/mol. The molecule has 2 rings (SSSR count). The lowest BCUT2D eigenvalue weighted by Gasteiger charge is -2.38. The van der Waals surface area contributed by atoms with E-state index in [1.165, 1.54) is 12.1 Å². The van der Waals surface area contributed by atoms with Gasteiger partial charge in [-0.2, -0.15) is 0 Å². The molecule has 144 valence electrons. The zero-order valence-electron chi connectivity index (χ0n) is 15.7. The number of sulfone groups is 1. The topological polar surface area (TPSA) is 101 Å². The van der Waals surface area contributed by atoms with Gasteiger partial charge in [0.2, 0.25) is 5.91 Å². The molecular formula is C18H27N3O4S. The minimum absolute atomic E-state index is 0.108. The van der Waals surface area contributed by atoms with Crippen molar-refractivity contribution in [3.8, 4) is 0 Å². The lowest BCUT2D eigenvalue weighted by Crippen LogP contribution is -2.56. The average Bonchev–Trinajstić information content (AvgIpc) is 2.58. The van der Waals surface area contributed by atoms with Crippen molar-refractivity contribution in [2.45, 2.75) is 31.7 Å². The molecule has 2 amide bonds. The molecule has 2 N–H and O–H groups in total. The van der Waals surface area contributed by atoms with Crippen LogP contribution in [0, 0.1) is 5.41 Å². The number of nitrogens with two attached hydrogens (primary N) is 1. The second-order valence-electron chi connectivity index (χ2n) is 7.76. The Bertz CT molecular complexity index is 791. The summed E-state index contributed by atoms with van der Waals surface area (Å²) in [6.45, 7) is 7.38. The molecule has 1 aromatic carbocycles. The summed E-state index contributed by atoms with van der Waals surface area (Å²) < 4.78 is 23.3. The van der Waals surface area contributed by atoms with E-state index in [9.17, 15) is 18.0 Å². The van der Waals surface area contributed by atoms with Crippen molar-refractivity contribution in [2.75, 3.05) is 32.4 Å². The Morgan fingerprint density at radius 3 is 2.12 bits per heavy atom. The third-order valence-electron chi connectivity index (χ3n) is 4.59. The summed E-state index contributed by atoms with van der Waals surface area (Å²) in [4.78, 5) is 28.6. The Balaban J connectivity index is 2.04. The first-order valence-corrected chi connectivity index (χ1v) is 10.4. The summed E-state index contributed by atoms with van der Waals surface area (Å²) in [7, 11) is -3.37. The standard InChI is InChI=1S/C18H27N3O4S/c1-18(2,3)15(19)17(23)21-10-8-20(9-11-21)16(22)13-6-5-7-14(12-13)26(4,24)25/h5-7,12,15H,8-11,19H2,1-4H3/t15-/m1/s1. The molecule has 1 aromatic rings. The molecule has 8 heteroatoms. The summed E-state index contributed by atoms with van der Waals surface area (Å²) in [6.07, 6.45) is 1.11. The SMILES string of the molecule is CC(C)(C)[C@H](N)C(=O)N1CCN(C(=O)c2cccc(S(C)(=O)=O)c2)CC1. The molecule has 1 fully saturated rings. The van der Waals surface area contributed by atoms with Crippen LogP contribution in [-0.4, -0.2) is 68.5 Å². The van der Waals surface area contributed by atoms with E-state index in [1.807, 2.05) is 20.8 Å². The van der Waals surface area contributed by atoms with Gasteiger partial charge in [0, 0.05) is 38.0 Å². The third-order valence-corrected chi connectivity index (χ3v) is 5.70. The normalized spacial score (nSPS) is 17.1. The maximum Gasteiger partial charge on any atom is 0.254 e. The number of hydrogen-bond acceptors (Lipinski definition) is 5. The van der Waals surface area contributed by atoms with Gasteiger partial charge in [-0.3, -0.25) is 9.59 Å². The zero-order chi connectivity index (χ0) is 19.7. The number of piperazine rings is 1. The maximum absolute atomic E-state index is 12.7. The van der Waals surface area contributed by atoms with Crippen molar-refractivity contribution >= 4 is 21.7 Å². The van der Waals surface area contributed by atoms with Gasteiger partial charge in [-0.05, 0) is 23.6 Å². The summed E-state index contributed by atoms with van der Waals surface area (Å²) in [5.74, 6) is -0.341. The predicted molar refractivity (Wildman–Crippen MR) is 99.5 cm³/mol. The smallest absolute Gasteiger partial charge is 0.254 e. The summed E-state index contributed by atoms with van der Waals surface area (Å²) in [5.41, 5.74) is 6.05. The van der Waals surface area contributed by atoms with E-state index in [0.29, 0.717) is 31.7 Å². The number of amides is 2. The third kappa shape index (κ3) is 4.62. The van der Waals surface area contributed by atoms with Crippen LogP contribution in [0.15, 0.2) is 29.2 Å². The van der Waals surface area contributed by atoms with Crippen molar-refractivity contribution in [1.82, 2.24) is 9.80 Å². The van der Waals surface area contributed by atoms with E-state index in [4.69, 9.17) is 5.73 Å². The Morgan fingerprint density at radius 1 is 1.08 bits per heavy atom. The first-order valence-electron chi connectivity index (χ1n) is 8.55. The molecule has 0 aliphatic carbocycles. The number of nitrogens with zero attached hydrogens (tertiary/aromatic N) is 2. The van der Waals surface area contributed by atoms with Crippen LogP contribution in [0.4, 0.5) is 0 Å². The van der Waals surface area contributed by atoms with E-state index in [2.05, 4.69) is 0 Å². The van der Waals surface area contributed by atoms with E-state index in [-0.39, 0.29) is 22.1 Å². The van der Waals surface area contributed by atoms with Gasteiger partial charge in [-0.15, -0.1) is 0 Å². The minimum Gasteiger partial charge on any atom is -0.338 e. The monoisotopic (exact) mass is 381 g/mol. The largest absolute Gasteiger partial charge is 0.338 e. The van der Waals surface area contributed by atoms with Gasteiger partial charge in [0.25, 0.3) is 5.91 Å². The first kappa shape index (κ1) is 20.4. The van der Waals surface area contributed by atoms with Crippen LogP contribution in [0.2, 0.25) is 0 Å². The van der Waals surface area contributed by atoms with Gasteiger partial charge in [0.05, 0.1) is 10.9 Å². The highest BCUT2D eigenvalue weighted by molar-refractivity contribution is 7.90. The lowest BCUT2D eigenvalue weighted by atomic mass is 9.86. The lowest BCUT2D eigenvalue weighted by molar-refractivity contribution is -0.136. The predicted octanol–water partition coefficient (Wildman–Crippen LogP) is 0.748. The van der Waals surface area contributed by atoms with Crippen molar-refractivity contribution in [1.29, 1.82) is 0 Å². The molecule has 0 aromatic heterocycles. The Kier molecular flexibility index (Phi) is 5.77. The first-order chi connectivity index (χ1) is 11.9. The van der Waals surface area contributed by atoms with E-state index in [1.54, 1.807) is 21.9 Å². The Labute approximate surface area is 155 Å². The fourth-order valence-corrected chi connectivity index (χ4v) is 3.41. The molecule has 1 heterocycles. The highest BCUT2D eigenvalue weighted by Gasteiger charge is 2.33. The number of hydrogen-bond donors (Lipinski definition) is 1. The van der Waals surface area contributed by atoms with Crippen LogP contribution < -0.4 is 5.73 Å². The van der Waals surface area contributed by atoms with Gasteiger partial charge in [-0.25, -0.2) is 8.42 Å². The molecule has 0 saturated carbocycles. The van der Waals surface area contributed by atoms with Gasteiger partial charge < -0.3 is 15.5 Å². The fraction of sp³-hybridized carbons (Fsp3) is 0.556. The van der Waals surface area contributed by atoms with Crippen molar-refractivity contribution < 1.29 is 18.0 Å². The van der Waals surface area contributed by atoms with Crippen LogP contribution in [0.3, 0.4) is 0 Å². The van der Waals surface area contributed by atoms with Crippen LogP contribution in [0.1, 0.15) is 31.1 Å². The van der Waals surface area contributed by atoms with E-state index < -0.39 is 15.9 Å². The molecule has 26 heavy (non-hydrogen) atoms. The van der Waals surface area contributed by atoms with Crippen molar-refractivity contribution in [3.05, 3.63) is 29.8 Å².